The fourth-order valence-corrected chi connectivity index (χ4v) is 1.47. The zero-order valence-electron chi connectivity index (χ0n) is 9.10. The largest absolute Gasteiger partial charge is 0.440 e. The first kappa shape index (κ1) is 10.8. The number of oxazole rings is 1. The van der Waals surface area contributed by atoms with E-state index in [-0.39, 0.29) is 12.2 Å². The van der Waals surface area contributed by atoms with Crippen LogP contribution in [0.25, 0.3) is 11.1 Å². The molecule has 2 aromatic rings. The van der Waals surface area contributed by atoms with Crippen molar-refractivity contribution in [2.45, 2.75) is 12.8 Å². The highest BCUT2D eigenvalue weighted by Gasteiger charge is 2.09. The molecule has 16 heavy (non-hydrogen) atoms. The summed E-state index contributed by atoms with van der Waals surface area (Å²) in [5.41, 5.74) is 1.51. The van der Waals surface area contributed by atoms with Crippen molar-refractivity contribution >= 4 is 16.9 Å². The number of hydrogen-bond acceptors (Lipinski definition) is 4. The Kier molecular flexibility index (Phi) is 3.31. The molecule has 0 N–H and O–H groups in total. The van der Waals surface area contributed by atoms with Gasteiger partial charge < -0.3 is 9.15 Å². The third-order valence-electron chi connectivity index (χ3n) is 2.27. The molecule has 1 aromatic carbocycles. The van der Waals surface area contributed by atoms with Crippen molar-refractivity contribution < 1.29 is 13.9 Å². The molecule has 0 saturated heterocycles. The van der Waals surface area contributed by atoms with E-state index in [1.54, 1.807) is 7.11 Å². The first-order valence-corrected chi connectivity index (χ1v) is 5.14. The minimum atomic E-state index is 0.0772. The predicted molar refractivity (Wildman–Crippen MR) is 59.2 cm³/mol. The summed E-state index contributed by atoms with van der Waals surface area (Å²) >= 11 is 0. The van der Waals surface area contributed by atoms with Gasteiger partial charge in [0, 0.05) is 13.5 Å². The van der Waals surface area contributed by atoms with E-state index in [1.165, 1.54) is 0 Å². The minimum absolute atomic E-state index is 0.0772. The van der Waals surface area contributed by atoms with E-state index in [4.69, 9.17) is 9.15 Å². The number of para-hydroxylation sites is 2. The minimum Gasteiger partial charge on any atom is -0.440 e. The lowest BCUT2D eigenvalue weighted by Crippen LogP contribution is -2.06. The van der Waals surface area contributed by atoms with E-state index >= 15 is 0 Å². The Hall–Kier alpha value is -1.68. The summed E-state index contributed by atoms with van der Waals surface area (Å²) in [6, 6.07) is 7.47. The van der Waals surface area contributed by atoms with Gasteiger partial charge in [0.05, 0.1) is 13.0 Å². The summed E-state index contributed by atoms with van der Waals surface area (Å²) in [7, 11) is 1.58. The third-order valence-corrected chi connectivity index (χ3v) is 2.27. The molecule has 2 rings (SSSR count). The number of aromatic nitrogens is 1. The van der Waals surface area contributed by atoms with Gasteiger partial charge in [-0.2, -0.15) is 0 Å². The van der Waals surface area contributed by atoms with Crippen molar-refractivity contribution in [3.05, 3.63) is 30.2 Å². The second-order valence-corrected chi connectivity index (χ2v) is 3.53. The highest BCUT2D eigenvalue weighted by Crippen LogP contribution is 2.15. The monoisotopic (exact) mass is 219 g/mol. The summed E-state index contributed by atoms with van der Waals surface area (Å²) in [5, 5.41) is 0. The molecule has 0 amide bonds. The number of carbonyl (C=O) groups is 1. The van der Waals surface area contributed by atoms with E-state index in [9.17, 15) is 4.79 Å². The lowest BCUT2D eigenvalue weighted by atomic mass is 10.2. The van der Waals surface area contributed by atoms with Crippen LogP contribution in [0.3, 0.4) is 0 Å². The van der Waals surface area contributed by atoms with Crippen molar-refractivity contribution in [1.29, 1.82) is 0 Å². The second-order valence-electron chi connectivity index (χ2n) is 3.53. The number of nitrogens with zero attached hydrogens (tertiary/aromatic N) is 1. The topological polar surface area (TPSA) is 52.3 Å². The van der Waals surface area contributed by atoms with Gasteiger partial charge in [-0.3, -0.25) is 4.79 Å². The van der Waals surface area contributed by atoms with E-state index in [0.717, 1.165) is 11.1 Å². The number of methoxy groups -OCH3 is 1. The molecule has 0 atom stereocenters. The van der Waals surface area contributed by atoms with Gasteiger partial charge in [0.2, 0.25) is 5.89 Å². The van der Waals surface area contributed by atoms with Crippen LogP contribution >= 0.6 is 0 Å². The van der Waals surface area contributed by atoms with Crippen LogP contribution in [-0.4, -0.2) is 24.5 Å². The molecule has 0 aliphatic heterocycles. The lowest BCUT2D eigenvalue weighted by Gasteiger charge is -1.95. The van der Waals surface area contributed by atoms with Gasteiger partial charge in [0.1, 0.15) is 11.3 Å². The Balaban J connectivity index is 2.07. The van der Waals surface area contributed by atoms with Crippen LogP contribution in [0, 0.1) is 0 Å². The van der Waals surface area contributed by atoms with Crippen LogP contribution in [0.4, 0.5) is 0 Å². The molecule has 0 spiro atoms. The molecule has 1 heterocycles. The predicted octanol–water partition coefficient (Wildman–Crippen LogP) is 1.98. The Morgan fingerprint density at radius 3 is 3.00 bits per heavy atom. The SMILES string of the molecule is COCCC(=O)Cc1nc2ccccc2o1. The van der Waals surface area contributed by atoms with Gasteiger partial charge in [-0.05, 0) is 12.1 Å². The maximum absolute atomic E-state index is 11.5. The summed E-state index contributed by atoms with van der Waals surface area (Å²) < 4.78 is 10.3. The molecule has 1 aromatic heterocycles. The maximum Gasteiger partial charge on any atom is 0.202 e. The first-order chi connectivity index (χ1) is 7.79. The smallest absolute Gasteiger partial charge is 0.202 e. The Morgan fingerprint density at radius 2 is 2.25 bits per heavy atom. The number of ether oxygens (including phenoxy) is 1. The van der Waals surface area contributed by atoms with Crippen molar-refractivity contribution in [3.8, 4) is 0 Å². The maximum atomic E-state index is 11.5. The van der Waals surface area contributed by atoms with E-state index in [0.29, 0.717) is 18.9 Å². The molecule has 0 radical (unpaired) electrons. The molecule has 0 unspecified atom stereocenters. The first-order valence-electron chi connectivity index (χ1n) is 5.14. The summed E-state index contributed by atoms with van der Waals surface area (Å²) in [4.78, 5) is 15.7. The number of benzene rings is 1. The number of fused-ring (bicyclic) bond motifs is 1. The Bertz CT molecular complexity index is 457. The number of rotatable bonds is 5. The van der Waals surface area contributed by atoms with Gasteiger partial charge in [0.25, 0.3) is 0 Å². The number of Topliss-reactive ketones (excluding diaryl/α,β-unsaturated/α-hetero) is 1. The average molecular weight is 219 g/mol. The Morgan fingerprint density at radius 1 is 1.44 bits per heavy atom. The second kappa shape index (κ2) is 4.90. The molecular formula is C12H13NO3. The molecule has 0 fully saturated rings. The van der Waals surface area contributed by atoms with Gasteiger partial charge in [-0.15, -0.1) is 0 Å². The van der Waals surface area contributed by atoms with Crippen LogP contribution in [0.1, 0.15) is 12.3 Å². The number of hydrogen-bond donors (Lipinski definition) is 0. The highest BCUT2D eigenvalue weighted by molar-refractivity contribution is 5.81. The zero-order chi connectivity index (χ0) is 11.4. The van der Waals surface area contributed by atoms with Crippen LogP contribution in [0.2, 0.25) is 0 Å². The van der Waals surface area contributed by atoms with Gasteiger partial charge in [-0.25, -0.2) is 4.98 Å². The summed E-state index contributed by atoms with van der Waals surface area (Å²) in [6.07, 6.45) is 0.632. The molecule has 0 aliphatic rings. The van der Waals surface area contributed by atoms with Gasteiger partial charge in [0.15, 0.2) is 5.58 Å². The Labute approximate surface area is 93.2 Å². The van der Waals surface area contributed by atoms with Crippen molar-refractivity contribution in [3.63, 3.8) is 0 Å². The van der Waals surface area contributed by atoms with Crippen LogP contribution < -0.4 is 0 Å². The third kappa shape index (κ3) is 2.46. The zero-order valence-corrected chi connectivity index (χ0v) is 9.10. The quantitative estimate of drug-likeness (QED) is 0.771. The van der Waals surface area contributed by atoms with Gasteiger partial charge >= 0.3 is 0 Å². The van der Waals surface area contributed by atoms with Crippen molar-refractivity contribution in [2.75, 3.05) is 13.7 Å². The van der Waals surface area contributed by atoms with Gasteiger partial charge in [-0.1, -0.05) is 12.1 Å². The molecule has 4 heteroatoms. The summed E-state index contributed by atoms with van der Waals surface area (Å²) in [5.74, 6) is 0.552. The van der Waals surface area contributed by atoms with Crippen LogP contribution in [0.15, 0.2) is 28.7 Å². The van der Waals surface area contributed by atoms with Crippen LogP contribution in [-0.2, 0) is 16.0 Å². The van der Waals surface area contributed by atoms with E-state index < -0.39 is 0 Å². The fourth-order valence-electron chi connectivity index (χ4n) is 1.47. The molecule has 0 aliphatic carbocycles. The lowest BCUT2D eigenvalue weighted by molar-refractivity contribution is -0.119. The number of ketones is 1. The standard InChI is InChI=1S/C12H13NO3/c1-15-7-6-9(14)8-12-13-10-4-2-3-5-11(10)16-12/h2-5H,6-8H2,1H3. The molecule has 0 bridgehead atoms. The fraction of sp³-hybridized carbons (Fsp3) is 0.333. The van der Waals surface area contributed by atoms with Crippen molar-refractivity contribution in [1.82, 2.24) is 4.98 Å². The molecule has 0 saturated carbocycles. The average Bonchev–Trinajstić information content (AvgIpc) is 2.68. The van der Waals surface area contributed by atoms with E-state index in [2.05, 4.69) is 4.98 Å². The number of carbonyl (C=O) groups excluding carboxylic acids is 1. The molecule has 84 valence electrons. The normalized spacial score (nSPS) is 10.8. The van der Waals surface area contributed by atoms with Crippen LogP contribution in [0.5, 0.6) is 0 Å². The van der Waals surface area contributed by atoms with Crippen molar-refractivity contribution in [2.24, 2.45) is 0 Å². The van der Waals surface area contributed by atoms with E-state index in [1.807, 2.05) is 24.3 Å². The summed E-state index contributed by atoms with van der Waals surface area (Å²) in [6.45, 7) is 0.444. The molecule has 4 nitrogen and oxygen atoms in total. The highest BCUT2D eigenvalue weighted by atomic mass is 16.5. The molecular weight excluding hydrogens is 206 g/mol.